The molecule has 0 heterocycles. The van der Waals surface area contributed by atoms with Gasteiger partial charge in [-0.1, -0.05) is 36.7 Å². The van der Waals surface area contributed by atoms with Gasteiger partial charge >= 0.3 is 0 Å². The molecule has 23 heavy (non-hydrogen) atoms. The summed E-state index contributed by atoms with van der Waals surface area (Å²) >= 11 is 5.99. The van der Waals surface area contributed by atoms with Crippen LogP contribution in [0.4, 0.5) is 4.39 Å². The van der Waals surface area contributed by atoms with Crippen molar-refractivity contribution in [2.75, 3.05) is 6.61 Å². The number of hydrogen-bond acceptors (Lipinski definition) is 3. The second-order valence-electron chi connectivity index (χ2n) is 5.34. The van der Waals surface area contributed by atoms with Crippen molar-refractivity contribution in [3.8, 4) is 5.75 Å². The van der Waals surface area contributed by atoms with Gasteiger partial charge in [-0.2, -0.15) is 0 Å². The summed E-state index contributed by atoms with van der Waals surface area (Å²) in [4.78, 5) is 0. The highest BCUT2D eigenvalue weighted by molar-refractivity contribution is 6.31. The predicted octanol–water partition coefficient (Wildman–Crippen LogP) is 3.92. The highest BCUT2D eigenvalue weighted by atomic mass is 35.5. The van der Waals surface area contributed by atoms with Crippen molar-refractivity contribution >= 4 is 11.6 Å². The number of aliphatic hydroxyl groups is 1. The van der Waals surface area contributed by atoms with Crippen LogP contribution in [0.15, 0.2) is 42.5 Å². The first-order chi connectivity index (χ1) is 11.1. The molecule has 2 rings (SSSR count). The van der Waals surface area contributed by atoms with Gasteiger partial charge in [-0.05, 0) is 36.2 Å². The van der Waals surface area contributed by atoms with Gasteiger partial charge in [-0.15, -0.1) is 0 Å². The lowest BCUT2D eigenvalue weighted by atomic mass is 10.2. The Morgan fingerprint density at radius 3 is 2.78 bits per heavy atom. The Bertz CT molecular complexity index is 632. The molecule has 3 nitrogen and oxygen atoms in total. The summed E-state index contributed by atoms with van der Waals surface area (Å²) in [5.41, 5.74) is 1.81. The number of aliphatic hydroxyl groups excluding tert-OH is 1. The second kappa shape index (κ2) is 8.87. The van der Waals surface area contributed by atoms with Gasteiger partial charge in [0.1, 0.15) is 18.2 Å². The molecule has 0 aliphatic rings. The monoisotopic (exact) mass is 337 g/mol. The van der Waals surface area contributed by atoms with Crippen LogP contribution < -0.4 is 10.1 Å². The summed E-state index contributed by atoms with van der Waals surface area (Å²) in [6, 6.07) is 12.1. The normalized spacial score (nSPS) is 12.2. The first-order valence-corrected chi connectivity index (χ1v) is 8.00. The van der Waals surface area contributed by atoms with Crippen molar-refractivity contribution in [1.82, 2.24) is 5.32 Å². The van der Waals surface area contributed by atoms with Crippen LogP contribution in [-0.4, -0.2) is 17.8 Å². The predicted molar refractivity (Wildman–Crippen MR) is 90.2 cm³/mol. The minimum atomic E-state index is -0.360. The highest BCUT2D eigenvalue weighted by Crippen LogP contribution is 2.20. The molecule has 1 atom stereocenters. The molecule has 0 fully saturated rings. The van der Waals surface area contributed by atoms with E-state index in [9.17, 15) is 9.50 Å². The molecule has 0 aliphatic carbocycles. The second-order valence-corrected chi connectivity index (χ2v) is 5.75. The summed E-state index contributed by atoms with van der Waals surface area (Å²) < 4.78 is 18.8. The third-order valence-corrected chi connectivity index (χ3v) is 3.97. The van der Waals surface area contributed by atoms with E-state index in [0.29, 0.717) is 11.6 Å². The SMILES string of the molecule is CC[C@@H](CO)NCc1cccc(OCc2ccc(F)cc2Cl)c1. The zero-order valence-corrected chi connectivity index (χ0v) is 13.8. The molecule has 0 aromatic heterocycles. The Labute approximate surface area is 141 Å². The fourth-order valence-corrected chi connectivity index (χ4v) is 2.37. The largest absolute Gasteiger partial charge is 0.489 e. The van der Waals surface area contributed by atoms with Crippen LogP contribution in [0, 0.1) is 5.82 Å². The maximum atomic E-state index is 13.0. The van der Waals surface area contributed by atoms with E-state index in [0.717, 1.165) is 23.3 Å². The number of ether oxygens (including phenoxy) is 1. The molecule has 0 amide bonds. The van der Waals surface area contributed by atoms with Crippen molar-refractivity contribution in [1.29, 1.82) is 0 Å². The summed E-state index contributed by atoms with van der Waals surface area (Å²) in [7, 11) is 0. The first kappa shape index (κ1) is 17.7. The van der Waals surface area contributed by atoms with Gasteiger partial charge in [0, 0.05) is 18.2 Å². The number of hydrogen-bond donors (Lipinski definition) is 2. The van der Waals surface area contributed by atoms with E-state index in [1.165, 1.54) is 12.1 Å². The van der Waals surface area contributed by atoms with E-state index < -0.39 is 0 Å². The van der Waals surface area contributed by atoms with Gasteiger partial charge in [0.25, 0.3) is 0 Å². The van der Waals surface area contributed by atoms with E-state index in [1.54, 1.807) is 6.07 Å². The molecule has 0 saturated carbocycles. The zero-order chi connectivity index (χ0) is 16.7. The maximum Gasteiger partial charge on any atom is 0.124 e. The molecule has 2 aromatic carbocycles. The standard InChI is InChI=1S/C18H21ClFNO2/c1-2-16(11-22)21-10-13-4-3-5-17(8-13)23-12-14-6-7-15(20)9-18(14)19/h3-9,16,21-22H,2,10-12H2,1H3/t16-/m0/s1. The van der Waals surface area contributed by atoms with Crippen LogP contribution >= 0.6 is 11.6 Å². The third-order valence-electron chi connectivity index (χ3n) is 3.62. The summed E-state index contributed by atoms with van der Waals surface area (Å²) in [5.74, 6) is 0.364. The van der Waals surface area contributed by atoms with Crippen molar-refractivity contribution in [2.45, 2.75) is 32.5 Å². The Morgan fingerprint density at radius 1 is 1.26 bits per heavy atom. The molecule has 0 spiro atoms. The van der Waals surface area contributed by atoms with Crippen molar-refractivity contribution < 1.29 is 14.2 Å². The number of rotatable bonds is 8. The van der Waals surface area contributed by atoms with Crippen LogP contribution in [0.5, 0.6) is 5.75 Å². The quantitative estimate of drug-likeness (QED) is 0.767. The Morgan fingerprint density at radius 2 is 2.09 bits per heavy atom. The third kappa shape index (κ3) is 5.50. The fraction of sp³-hybridized carbons (Fsp3) is 0.333. The van der Waals surface area contributed by atoms with E-state index >= 15 is 0 Å². The van der Waals surface area contributed by atoms with Gasteiger partial charge in [0.2, 0.25) is 0 Å². The minimum absolute atomic E-state index is 0.0950. The Hall–Kier alpha value is -1.62. The summed E-state index contributed by atoms with van der Waals surface area (Å²) in [6.07, 6.45) is 0.871. The smallest absolute Gasteiger partial charge is 0.124 e. The minimum Gasteiger partial charge on any atom is -0.489 e. The van der Waals surface area contributed by atoms with Crippen molar-refractivity contribution in [3.63, 3.8) is 0 Å². The molecule has 0 radical (unpaired) electrons. The van der Waals surface area contributed by atoms with E-state index in [-0.39, 0.29) is 25.1 Å². The maximum absolute atomic E-state index is 13.0. The highest BCUT2D eigenvalue weighted by Gasteiger charge is 2.06. The molecule has 124 valence electrons. The van der Waals surface area contributed by atoms with Gasteiger partial charge in [0.15, 0.2) is 0 Å². The van der Waals surface area contributed by atoms with Crippen LogP contribution in [0.1, 0.15) is 24.5 Å². The van der Waals surface area contributed by atoms with Crippen LogP contribution in [0.25, 0.3) is 0 Å². The molecular formula is C18H21ClFNO2. The van der Waals surface area contributed by atoms with E-state index in [4.69, 9.17) is 16.3 Å². The Kier molecular flexibility index (Phi) is 6.84. The average molecular weight is 338 g/mol. The average Bonchev–Trinajstić information content (AvgIpc) is 2.55. The Balaban J connectivity index is 1.94. The summed E-state index contributed by atoms with van der Waals surface area (Å²) in [5, 5.41) is 12.8. The van der Waals surface area contributed by atoms with Crippen LogP contribution in [0.2, 0.25) is 5.02 Å². The van der Waals surface area contributed by atoms with Crippen LogP contribution in [-0.2, 0) is 13.2 Å². The summed E-state index contributed by atoms with van der Waals surface area (Å²) in [6.45, 7) is 3.09. The zero-order valence-electron chi connectivity index (χ0n) is 13.1. The molecule has 0 saturated heterocycles. The van der Waals surface area contributed by atoms with Crippen molar-refractivity contribution in [3.05, 3.63) is 64.4 Å². The molecular weight excluding hydrogens is 317 g/mol. The molecule has 2 aromatic rings. The fourth-order valence-electron chi connectivity index (χ4n) is 2.15. The van der Waals surface area contributed by atoms with Gasteiger partial charge in [-0.3, -0.25) is 0 Å². The first-order valence-electron chi connectivity index (χ1n) is 7.62. The molecule has 0 unspecified atom stereocenters. The van der Waals surface area contributed by atoms with Gasteiger partial charge in [0.05, 0.1) is 11.6 Å². The van der Waals surface area contributed by atoms with Gasteiger partial charge in [-0.25, -0.2) is 4.39 Å². The van der Waals surface area contributed by atoms with E-state index in [1.807, 2.05) is 31.2 Å². The number of benzene rings is 2. The number of halogens is 2. The number of nitrogens with one attached hydrogen (secondary N) is 1. The lowest BCUT2D eigenvalue weighted by Gasteiger charge is -2.14. The molecule has 2 N–H and O–H groups in total. The van der Waals surface area contributed by atoms with Crippen molar-refractivity contribution in [2.24, 2.45) is 0 Å². The van der Waals surface area contributed by atoms with E-state index in [2.05, 4.69) is 5.32 Å². The molecule has 5 heteroatoms. The molecule has 0 bridgehead atoms. The lowest BCUT2D eigenvalue weighted by molar-refractivity contribution is 0.238. The topological polar surface area (TPSA) is 41.5 Å². The lowest BCUT2D eigenvalue weighted by Crippen LogP contribution is -2.31. The van der Waals surface area contributed by atoms with Gasteiger partial charge < -0.3 is 15.2 Å². The molecule has 0 aliphatic heterocycles. The van der Waals surface area contributed by atoms with Crippen LogP contribution in [0.3, 0.4) is 0 Å².